The van der Waals surface area contributed by atoms with Crippen molar-refractivity contribution in [2.45, 2.75) is 44.4 Å². The van der Waals surface area contributed by atoms with Crippen molar-refractivity contribution in [3.8, 4) is 0 Å². The highest BCUT2D eigenvalue weighted by Gasteiger charge is 2.53. The van der Waals surface area contributed by atoms with Crippen LogP contribution in [0.25, 0.3) is 0 Å². The third-order valence-corrected chi connectivity index (χ3v) is 12.5. The lowest BCUT2D eigenvalue weighted by Gasteiger charge is -2.43. The zero-order chi connectivity index (χ0) is 28.3. The Morgan fingerprint density at radius 2 is 1.44 bits per heavy atom. The van der Waals surface area contributed by atoms with Crippen molar-refractivity contribution in [1.82, 2.24) is 5.32 Å². The number of benzene rings is 3. The van der Waals surface area contributed by atoms with Crippen LogP contribution >= 0.6 is 0 Å². The molecule has 206 valence electrons. The van der Waals surface area contributed by atoms with Crippen molar-refractivity contribution < 1.29 is 23.5 Å². The lowest BCUT2D eigenvalue weighted by Crippen LogP contribution is -2.67. The maximum atomic E-state index is 13.1. The van der Waals surface area contributed by atoms with Crippen molar-refractivity contribution in [3.05, 3.63) is 90.5 Å². The Morgan fingerprint density at radius 3 is 1.90 bits per heavy atom. The molecule has 7 nitrogen and oxygen atoms in total. The minimum absolute atomic E-state index is 0.156. The molecule has 39 heavy (non-hydrogen) atoms. The first kappa shape index (κ1) is 28.5. The largest absolute Gasteiger partial charge is 0.466 e. The molecule has 1 aliphatic rings. The van der Waals surface area contributed by atoms with E-state index in [1.54, 1.807) is 12.1 Å². The summed E-state index contributed by atoms with van der Waals surface area (Å²) in [5.41, 5.74) is 0.122. The van der Waals surface area contributed by atoms with Crippen LogP contribution in [-0.2, 0) is 18.7 Å². The van der Waals surface area contributed by atoms with Crippen molar-refractivity contribution in [1.29, 1.82) is 0 Å². The molecule has 0 saturated carbocycles. The molecule has 2 unspecified atom stereocenters. The van der Waals surface area contributed by atoms with E-state index in [4.69, 9.17) is 13.9 Å². The summed E-state index contributed by atoms with van der Waals surface area (Å²) in [6.07, 6.45) is 0. The van der Waals surface area contributed by atoms with Gasteiger partial charge in [0.25, 0.3) is 8.32 Å². The second kappa shape index (κ2) is 11.3. The fourth-order valence-electron chi connectivity index (χ4n) is 5.63. The van der Waals surface area contributed by atoms with E-state index in [-0.39, 0.29) is 11.1 Å². The van der Waals surface area contributed by atoms with Gasteiger partial charge in [0.1, 0.15) is 0 Å². The van der Waals surface area contributed by atoms with Crippen LogP contribution in [0.4, 0.5) is 5.69 Å². The van der Waals surface area contributed by atoms with E-state index in [0.717, 1.165) is 5.69 Å². The number of rotatable bonds is 8. The molecule has 2 atom stereocenters. The molecule has 0 aromatic heterocycles. The van der Waals surface area contributed by atoms with Gasteiger partial charge in [0, 0.05) is 18.3 Å². The van der Waals surface area contributed by atoms with Crippen LogP contribution < -0.4 is 20.6 Å². The van der Waals surface area contributed by atoms with E-state index in [0.29, 0.717) is 18.7 Å². The number of carbonyl (C=O) groups excluding carboxylic acids is 2. The van der Waals surface area contributed by atoms with Gasteiger partial charge in [-0.25, -0.2) is 9.59 Å². The minimum atomic E-state index is -2.75. The molecule has 8 heteroatoms. The van der Waals surface area contributed by atoms with Gasteiger partial charge < -0.3 is 18.8 Å². The van der Waals surface area contributed by atoms with Gasteiger partial charge in [-0.1, -0.05) is 81.4 Å². The third kappa shape index (κ3) is 5.37. The molecule has 0 aliphatic carbocycles. The van der Waals surface area contributed by atoms with E-state index in [2.05, 4.69) is 74.6 Å². The predicted octanol–water partition coefficient (Wildman–Crippen LogP) is 3.72. The first-order valence-electron chi connectivity index (χ1n) is 13.1. The van der Waals surface area contributed by atoms with Crippen molar-refractivity contribution in [2.24, 2.45) is 0 Å². The van der Waals surface area contributed by atoms with Gasteiger partial charge in [-0.2, -0.15) is 0 Å². The second-order valence-corrected chi connectivity index (χ2v) is 15.3. The van der Waals surface area contributed by atoms with Gasteiger partial charge >= 0.3 is 11.9 Å². The Hall–Kier alpha value is -3.46. The molecule has 1 heterocycles. The molecule has 3 aromatic rings. The Balaban J connectivity index is 1.68. The van der Waals surface area contributed by atoms with E-state index < -0.39 is 25.9 Å². The average Bonchev–Trinajstić information content (AvgIpc) is 3.30. The van der Waals surface area contributed by atoms with Crippen molar-refractivity contribution in [2.75, 3.05) is 32.3 Å². The number of hydrogen-bond acceptors (Lipinski definition) is 7. The van der Waals surface area contributed by atoms with Crippen LogP contribution in [0, 0.1) is 0 Å². The minimum Gasteiger partial charge on any atom is -0.466 e. The molecule has 1 N–H and O–H groups in total. The Labute approximate surface area is 232 Å². The van der Waals surface area contributed by atoms with Crippen LogP contribution in [0.2, 0.25) is 5.04 Å². The van der Waals surface area contributed by atoms with Crippen LogP contribution in [-0.4, -0.2) is 59.3 Å². The molecule has 0 radical (unpaired) electrons. The molecule has 0 bridgehead atoms. The van der Waals surface area contributed by atoms with Gasteiger partial charge in [-0.05, 0) is 46.6 Å². The second-order valence-electron chi connectivity index (χ2n) is 11.0. The SMILES string of the molecule is COC(=O)c1ccc(N2CC(CO[Si](c3ccccc3)(c3ccccc3)C(C)(C)C)NC2(C)C(=O)OC)cc1. The van der Waals surface area contributed by atoms with Gasteiger partial charge in [0.2, 0.25) is 0 Å². The monoisotopic (exact) mass is 546 g/mol. The smallest absolute Gasteiger partial charge is 0.346 e. The van der Waals surface area contributed by atoms with E-state index in [1.807, 2.05) is 36.1 Å². The molecule has 1 aliphatic heterocycles. The highest BCUT2D eigenvalue weighted by atomic mass is 28.4. The molecule has 4 rings (SSSR count). The third-order valence-electron chi connectivity index (χ3n) is 7.53. The maximum Gasteiger partial charge on any atom is 0.346 e. The number of esters is 2. The van der Waals surface area contributed by atoms with Crippen LogP contribution in [0.1, 0.15) is 38.1 Å². The molecule has 1 saturated heterocycles. The Kier molecular flexibility index (Phi) is 8.30. The number of nitrogens with one attached hydrogen (secondary N) is 1. The fourth-order valence-corrected chi connectivity index (χ4v) is 10.2. The summed E-state index contributed by atoms with van der Waals surface area (Å²) in [4.78, 5) is 27.0. The highest BCUT2D eigenvalue weighted by Crippen LogP contribution is 2.37. The quantitative estimate of drug-likeness (QED) is 0.341. The van der Waals surface area contributed by atoms with Gasteiger partial charge in [0.05, 0.1) is 26.4 Å². The number of nitrogens with zero attached hydrogens (tertiary/aromatic N) is 1. The number of anilines is 1. The molecular weight excluding hydrogens is 508 g/mol. The van der Waals surface area contributed by atoms with Crippen LogP contribution in [0.5, 0.6) is 0 Å². The molecule has 1 fully saturated rings. The summed E-state index contributed by atoms with van der Waals surface area (Å²) < 4.78 is 17.2. The van der Waals surface area contributed by atoms with E-state index in [9.17, 15) is 9.59 Å². The van der Waals surface area contributed by atoms with E-state index in [1.165, 1.54) is 24.6 Å². The summed E-state index contributed by atoms with van der Waals surface area (Å²) in [5.74, 6) is -0.805. The molecule has 0 amide bonds. The van der Waals surface area contributed by atoms with Gasteiger partial charge in [-0.3, -0.25) is 5.32 Å². The summed E-state index contributed by atoms with van der Waals surface area (Å²) >= 11 is 0. The lowest BCUT2D eigenvalue weighted by atomic mass is 10.1. The predicted molar refractivity (Wildman–Crippen MR) is 156 cm³/mol. The van der Waals surface area contributed by atoms with Gasteiger partial charge in [0.15, 0.2) is 5.66 Å². The topological polar surface area (TPSA) is 77.1 Å². The Bertz CT molecular complexity index is 1240. The Morgan fingerprint density at radius 1 is 0.897 bits per heavy atom. The number of ether oxygens (including phenoxy) is 2. The van der Waals surface area contributed by atoms with E-state index >= 15 is 0 Å². The van der Waals surface area contributed by atoms with Crippen LogP contribution in [0.3, 0.4) is 0 Å². The zero-order valence-electron chi connectivity index (χ0n) is 23.6. The molecule has 3 aromatic carbocycles. The van der Waals surface area contributed by atoms with Crippen LogP contribution in [0.15, 0.2) is 84.9 Å². The summed E-state index contributed by atoms with van der Waals surface area (Å²) in [7, 11) is -0.00897. The molecular formula is C31H38N2O5Si. The van der Waals surface area contributed by atoms with Crippen molar-refractivity contribution in [3.63, 3.8) is 0 Å². The lowest BCUT2D eigenvalue weighted by molar-refractivity contribution is -0.147. The number of carbonyl (C=O) groups is 2. The number of hydrogen-bond donors (Lipinski definition) is 1. The normalized spacial score (nSPS) is 19.5. The fraction of sp³-hybridized carbons (Fsp3) is 0.355. The first-order valence-corrected chi connectivity index (χ1v) is 15.0. The highest BCUT2D eigenvalue weighted by molar-refractivity contribution is 6.99. The maximum absolute atomic E-state index is 13.1. The van der Waals surface area contributed by atoms with Gasteiger partial charge in [-0.15, -0.1) is 0 Å². The zero-order valence-corrected chi connectivity index (χ0v) is 24.6. The average molecular weight is 547 g/mol. The first-order chi connectivity index (χ1) is 18.6. The summed E-state index contributed by atoms with van der Waals surface area (Å²) in [6, 6.07) is 27.9. The summed E-state index contributed by atoms with van der Waals surface area (Å²) in [6.45, 7) is 9.47. The standard InChI is InChI=1S/C31H38N2O5Si/c1-30(2,3)39(26-13-9-7-10-14-26,27-15-11-8-12-16-27)38-22-24-21-33(31(4,32-24)29(35)37-6)25-19-17-23(18-20-25)28(34)36-5/h7-20,24,32H,21-22H2,1-6H3. The van der Waals surface area contributed by atoms with Crippen molar-refractivity contribution >= 4 is 36.3 Å². The number of methoxy groups -OCH3 is 2. The summed E-state index contributed by atoms with van der Waals surface area (Å²) in [5, 5.41) is 5.74. The molecule has 0 spiro atoms.